The Hall–Kier alpha value is 0.310. The van der Waals surface area contributed by atoms with E-state index in [1.54, 1.807) is 0 Å². The summed E-state index contributed by atoms with van der Waals surface area (Å²) in [5, 5.41) is 12.0. The van der Waals surface area contributed by atoms with Gasteiger partial charge in [0.25, 0.3) is 0 Å². The van der Waals surface area contributed by atoms with Crippen LogP contribution in [0.25, 0.3) is 0 Å². The molecule has 1 saturated heterocycles. The summed E-state index contributed by atoms with van der Waals surface area (Å²) in [6, 6.07) is 0. The van der Waals surface area contributed by atoms with Crippen LogP contribution in [-0.4, -0.2) is 21.2 Å². The molecular weight excluding hydrogens is 192 g/mol. The van der Waals surface area contributed by atoms with Gasteiger partial charge in [-0.15, -0.1) is 0 Å². The van der Waals surface area contributed by atoms with Crippen LogP contribution in [0.15, 0.2) is 0 Å². The Bertz CT molecular complexity index is 206. The van der Waals surface area contributed by atoms with E-state index in [2.05, 4.69) is 25.6 Å². The molecule has 0 amide bonds. The minimum atomic E-state index is -0.338. The Morgan fingerprint density at radius 3 is 2.79 bits per heavy atom. The van der Waals surface area contributed by atoms with E-state index in [-0.39, 0.29) is 5.60 Å². The topological polar surface area (TPSA) is 20.2 Å². The van der Waals surface area contributed by atoms with Gasteiger partial charge in [-0.2, -0.15) is 11.8 Å². The average Bonchev–Trinajstić information content (AvgIpc) is 2.17. The fraction of sp³-hybridized carbons (Fsp3) is 1.00. The predicted octanol–water partition coefficient (Wildman–Crippen LogP) is 3.21. The average molecular weight is 214 g/mol. The Labute approximate surface area is 91.7 Å². The molecule has 14 heavy (non-hydrogen) atoms. The van der Waals surface area contributed by atoms with Crippen LogP contribution in [0.3, 0.4) is 0 Å². The first kappa shape index (κ1) is 10.8. The molecule has 0 aromatic carbocycles. The zero-order valence-electron chi connectivity index (χ0n) is 9.33. The van der Waals surface area contributed by atoms with Crippen molar-refractivity contribution in [2.75, 3.05) is 0 Å². The molecule has 82 valence electrons. The summed E-state index contributed by atoms with van der Waals surface area (Å²) in [6.07, 6.45) is 7.25. The second-order valence-corrected chi connectivity index (χ2v) is 6.72. The van der Waals surface area contributed by atoms with E-state index in [0.717, 1.165) is 18.1 Å². The lowest BCUT2D eigenvalue weighted by molar-refractivity contribution is -0.0447. The van der Waals surface area contributed by atoms with E-state index in [0.29, 0.717) is 11.2 Å². The quantitative estimate of drug-likeness (QED) is 0.723. The van der Waals surface area contributed by atoms with Crippen molar-refractivity contribution in [2.45, 2.75) is 68.5 Å². The summed E-state index contributed by atoms with van der Waals surface area (Å²) >= 11 is 2.13. The Morgan fingerprint density at radius 2 is 2.07 bits per heavy atom. The van der Waals surface area contributed by atoms with E-state index in [1.807, 2.05) is 0 Å². The highest BCUT2D eigenvalue weighted by molar-refractivity contribution is 8.00. The molecule has 0 spiro atoms. The summed E-state index contributed by atoms with van der Waals surface area (Å²) in [6.45, 7) is 4.42. The summed E-state index contributed by atoms with van der Waals surface area (Å²) in [7, 11) is 0. The van der Waals surface area contributed by atoms with Gasteiger partial charge in [0, 0.05) is 10.5 Å². The van der Waals surface area contributed by atoms with E-state index < -0.39 is 0 Å². The molecule has 0 radical (unpaired) electrons. The molecule has 0 aromatic heterocycles. The van der Waals surface area contributed by atoms with Crippen molar-refractivity contribution in [3.8, 4) is 0 Å². The molecule has 1 heterocycles. The second kappa shape index (κ2) is 4.05. The number of fused-ring (bicyclic) bond motifs is 1. The first-order chi connectivity index (χ1) is 6.65. The molecule has 2 aliphatic rings. The predicted molar refractivity (Wildman–Crippen MR) is 62.7 cm³/mol. The Kier molecular flexibility index (Phi) is 3.13. The van der Waals surface area contributed by atoms with Crippen molar-refractivity contribution in [2.24, 2.45) is 5.92 Å². The van der Waals surface area contributed by atoms with E-state index in [1.165, 1.54) is 25.7 Å². The molecule has 1 aliphatic heterocycles. The Morgan fingerprint density at radius 1 is 1.36 bits per heavy atom. The van der Waals surface area contributed by atoms with Gasteiger partial charge in [-0.05, 0) is 31.6 Å². The van der Waals surface area contributed by atoms with Gasteiger partial charge in [0.2, 0.25) is 0 Å². The van der Waals surface area contributed by atoms with Crippen LogP contribution in [0.1, 0.15) is 52.4 Å². The van der Waals surface area contributed by atoms with Gasteiger partial charge in [-0.25, -0.2) is 0 Å². The molecule has 1 N–H and O–H groups in total. The zero-order chi connectivity index (χ0) is 10.2. The molecule has 1 nitrogen and oxygen atoms in total. The van der Waals surface area contributed by atoms with E-state index in [4.69, 9.17) is 0 Å². The lowest BCUT2D eigenvalue weighted by Crippen LogP contribution is -2.49. The minimum absolute atomic E-state index is 0.338. The van der Waals surface area contributed by atoms with Crippen LogP contribution in [0, 0.1) is 5.92 Å². The van der Waals surface area contributed by atoms with Gasteiger partial charge in [0.05, 0.1) is 5.60 Å². The summed E-state index contributed by atoms with van der Waals surface area (Å²) in [5.41, 5.74) is -0.338. The van der Waals surface area contributed by atoms with Crippen molar-refractivity contribution < 1.29 is 5.11 Å². The third-order valence-corrected chi connectivity index (χ3v) is 5.60. The lowest BCUT2D eigenvalue weighted by atomic mass is 9.72. The molecule has 2 rings (SSSR count). The van der Waals surface area contributed by atoms with Crippen LogP contribution in [0.5, 0.6) is 0 Å². The molecule has 0 aromatic rings. The maximum absolute atomic E-state index is 10.6. The third-order valence-electron chi connectivity index (χ3n) is 4.05. The fourth-order valence-corrected chi connectivity index (χ4v) is 5.14. The molecule has 4 atom stereocenters. The molecule has 2 fully saturated rings. The van der Waals surface area contributed by atoms with Crippen LogP contribution < -0.4 is 0 Å². The van der Waals surface area contributed by atoms with Crippen molar-refractivity contribution in [1.29, 1.82) is 0 Å². The molecule has 0 unspecified atom stereocenters. The van der Waals surface area contributed by atoms with Crippen LogP contribution in [0.2, 0.25) is 0 Å². The highest BCUT2D eigenvalue weighted by Gasteiger charge is 2.46. The summed E-state index contributed by atoms with van der Waals surface area (Å²) in [4.78, 5) is 0. The molecular formula is C12H22OS. The zero-order valence-corrected chi connectivity index (χ0v) is 10.1. The fourth-order valence-electron chi connectivity index (χ4n) is 3.28. The first-order valence-corrected chi connectivity index (χ1v) is 6.98. The number of thioether (sulfide) groups is 1. The number of hydrogen-bond donors (Lipinski definition) is 1. The van der Waals surface area contributed by atoms with E-state index >= 15 is 0 Å². The van der Waals surface area contributed by atoms with E-state index in [9.17, 15) is 5.11 Å². The largest absolute Gasteiger partial charge is 0.390 e. The monoisotopic (exact) mass is 214 g/mol. The SMILES string of the molecule is CC[C@@]1(O)C[C@@H](C)S[C@H]2CCCC[C@@H]21. The van der Waals surface area contributed by atoms with Crippen LogP contribution in [-0.2, 0) is 0 Å². The minimum Gasteiger partial charge on any atom is -0.390 e. The highest BCUT2D eigenvalue weighted by Crippen LogP contribution is 2.49. The lowest BCUT2D eigenvalue weighted by Gasteiger charge is -2.48. The standard InChI is InChI=1S/C12H22OS/c1-3-12(13)8-9(2)14-11-7-5-4-6-10(11)12/h9-11,13H,3-8H2,1-2H3/t9-,10+,11+,12-/m1/s1. The van der Waals surface area contributed by atoms with Crippen molar-refractivity contribution in [3.05, 3.63) is 0 Å². The van der Waals surface area contributed by atoms with Crippen molar-refractivity contribution in [3.63, 3.8) is 0 Å². The molecule has 2 heteroatoms. The maximum Gasteiger partial charge on any atom is 0.0694 e. The summed E-state index contributed by atoms with van der Waals surface area (Å²) in [5.74, 6) is 0.586. The molecule has 1 aliphatic carbocycles. The molecule has 1 saturated carbocycles. The van der Waals surface area contributed by atoms with Crippen molar-refractivity contribution >= 4 is 11.8 Å². The van der Waals surface area contributed by atoms with Gasteiger partial charge < -0.3 is 5.11 Å². The third kappa shape index (κ3) is 1.83. The summed E-state index contributed by atoms with van der Waals surface area (Å²) < 4.78 is 0. The van der Waals surface area contributed by atoms with Crippen LogP contribution >= 0.6 is 11.8 Å². The smallest absolute Gasteiger partial charge is 0.0694 e. The van der Waals surface area contributed by atoms with Gasteiger partial charge in [-0.1, -0.05) is 26.7 Å². The van der Waals surface area contributed by atoms with Crippen LogP contribution in [0.4, 0.5) is 0 Å². The maximum atomic E-state index is 10.6. The Balaban J connectivity index is 2.15. The second-order valence-electron chi connectivity index (χ2n) is 5.04. The van der Waals surface area contributed by atoms with Gasteiger partial charge >= 0.3 is 0 Å². The number of aliphatic hydroxyl groups is 1. The molecule has 0 bridgehead atoms. The van der Waals surface area contributed by atoms with Crippen molar-refractivity contribution in [1.82, 2.24) is 0 Å². The number of rotatable bonds is 1. The normalized spacial score (nSPS) is 48.6. The number of hydrogen-bond acceptors (Lipinski definition) is 2. The van der Waals surface area contributed by atoms with Gasteiger partial charge in [0.15, 0.2) is 0 Å². The van der Waals surface area contributed by atoms with Gasteiger partial charge in [0.1, 0.15) is 0 Å². The van der Waals surface area contributed by atoms with Gasteiger partial charge in [-0.3, -0.25) is 0 Å². The highest BCUT2D eigenvalue weighted by atomic mass is 32.2. The first-order valence-electron chi connectivity index (χ1n) is 6.03.